The van der Waals surface area contributed by atoms with Crippen molar-refractivity contribution >= 4 is 56.2 Å². The van der Waals surface area contributed by atoms with Crippen LogP contribution >= 0.6 is 39.9 Å². The van der Waals surface area contributed by atoms with Gasteiger partial charge >= 0.3 is 0 Å². The van der Waals surface area contributed by atoms with Gasteiger partial charge in [-0.2, -0.15) is 0 Å². The number of thiocarbonyl (C=S) groups is 1. The molecule has 1 aliphatic rings. The summed E-state index contributed by atoms with van der Waals surface area (Å²) in [5, 5.41) is 0. The zero-order valence-electron chi connectivity index (χ0n) is 11.5. The molecule has 0 atom stereocenters. The van der Waals surface area contributed by atoms with Crippen molar-refractivity contribution < 1.29 is 4.79 Å². The highest BCUT2D eigenvalue weighted by Crippen LogP contribution is 2.33. The first-order valence-corrected chi connectivity index (χ1v) is 8.70. The Morgan fingerprint density at radius 3 is 2.64 bits per heavy atom. The number of amides is 1. The number of thioether (sulfide) groups is 1. The first-order chi connectivity index (χ1) is 10.6. The van der Waals surface area contributed by atoms with Crippen molar-refractivity contribution in [3.05, 3.63) is 75.1 Å². The maximum atomic E-state index is 12.5. The summed E-state index contributed by atoms with van der Waals surface area (Å²) in [6.45, 7) is 0.515. The Morgan fingerprint density at radius 1 is 1.14 bits per heavy atom. The molecule has 0 unspecified atom stereocenters. The van der Waals surface area contributed by atoms with Gasteiger partial charge in [0.25, 0.3) is 5.91 Å². The van der Waals surface area contributed by atoms with Gasteiger partial charge in [-0.05, 0) is 29.3 Å². The molecule has 1 amide bonds. The molecule has 3 rings (SSSR count). The minimum absolute atomic E-state index is 0.0289. The molecule has 1 aliphatic heterocycles. The maximum Gasteiger partial charge on any atom is 0.266 e. The van der Waals surface area contributed by atoms with E-state index < -0.39 is 0 Å². The van der Waals surface area contributed by atoms with Crippen LogP contribution in [-0.2, 0) is 11.3 Å². The van der Waals surface area contributed by atoms with Crippen molar-refractivity contribution in [3.63, 3.8) is 0 Å². The second-order valence-corrected chi connectivity index (χ2v) is 7.40. The van der Waals surface area contributed by atoms with Crippen molar-refractivity contribution in [2.45, 2.75) is 6.54 Å². The number of carbonyl (C=O) groups excluding carboxylic acids is 1. The van der Waals surface area contributed by atoms with Crippen LogP contribution in [0.15, 0.2) is 64.0 Å². The Hall–Kier alpha value is -1.43. The van der Waals surface area contributed by atoms with Crippen molar-refractivity contribution in [1.82, 2.24) is 4.90 Å². The summed E-state index contributed by atoms with van der Waals surface area (Å²) < 4.78 is 1.59. The third kappa shape index (κ3) is 3.48. The first kappa shape index (κ1) is 15.5. The molecule has 0 aromatic heterocycles. The van der Waals surface area contributed by atoms with Crippen LogP contribution in [0.5, 0.6) is 0 Å². The van der Waals surface area contributed by atoms with Gasteiger partial charge in [0.15, 0.2) is 0 Å². The lowest BCUT2D eigenvalue weighted by Gasteiger charge is -2.14. The molecule has 2 aromatic rings. The lowest BCUT2D eigenvalue weighted by Crippen LogP contribution is -2.27. The van der Waals surface area contributed by atoms with Gasteiger partial charge in [0.1, 0.15) is 4.32 Å². The summed E-state index contributed by atoms with van der Waals surface area (Å²) >= 11 is 10.1. The van der Waals surface area contributed by atoms with Crippen LogP contribution in [0.1, 0.15) is 11.1 Å². The van der Waals surface area contributed by atoms with Crippen LogP contribution in [0.2, 0.25) is 0 Å². The minimum Gasteiger partial charge on any atom is -0.288 e. The second kappa shape index (κ2) is 6.77. The number of carbonyl (C=O) groups is 1. The lowest BCUT2D eigenvalue weighted by molar-refractivity contribution is -0.122. The topological polar surface area (TPSA) is 20.3 Å². The van der Waals surface area contributed by atoms with Crippen LogP contribution in [0.3, 0.4) is 0 Å². The van der Waals surface area contributed by atoms with Crippen molar-refractivity contribution in [3.8, 4) is 0 Å². The van der Waals surface area contributed by atoms with E-state index in [0.717, 1.165) is 15.6 Å². The lowest BCUT2D eigenvalue weighted by atomic mass is 10.2. The van der Waals surface area contributed by atoms with E-state index in [-0.39, 0.29) is 5.91 Å². The first-order valence-electron chi connectivity index (χ1n) is 6.68. The highest BCUT2D eigenvalue weighted by molar-refractivity contribution is 9.10. The Bertz CT molecular complexity index is 758. The largest absolute Gasteiger partial charge is 0.288 e. The Balaban J connectivity index is 1.82. The SMILES string of the molecule is O=C1C(=Cc2cccc(Br)c2)SC(=S)N1Cc1ccccc1. The summed E-state index contributed by atoms with van der Waals surface area (Å²) in [6, 6.07) is 17.7. The monoisotopic (exact) mass is 389 g/mol. The van der Waals surface area contributed by atoms with Crippen LogP contribution in [0.4, 0.5) is 0 Å². The molecule has 1 fully saturated rings. The number of halogens is 1. The van der Waals surface area contributed by atoms with Gasteiger partial charge in [0.05, 0.1) is 11.4 Å². The standard InChI is InChI=1S/C17H12BrNOS2/c18-14-8-4-7-13(9-14)10-15-16(20)19(17(21)22-15)11-12-5-2-1-3-6-12/h1-10H,11H2. The van der Waals surface area contributed by atoms with Gasteiger partial charge in [-0.1, -0.05) is 82.4 Å². The third-order valence-electron chi connectivity index (χ3n) is 3.20. The van der Waals surface area contributed by atoms with Gasteiger partial charge < -0.3 is 0 Å². The molecule has 0 spiro atoms. The van der Waals surface area contributed by atoms with Gasteiger partial charge in [-0.15, -0.1) is 0 Å². The van der Waals surface area contributed by atoms with Crippen molar-refractivity contribution in [2.75, 3.05) is 0 Å². The quantitative estimate of drug-likeness (QED) is 0.552. The summed E-state index contributed by atoms with van der Waals surface area (Å²) in [6.07, 6.45) is 1.88. The molecule has 0 radical (unpaired) electrons. The molecule has 110 valence electrons. The van der Waals surface area contributed by atoms with E-state index in [1.54, 1.807) is 4.90 Å². The summed E-state index contributed by atoms with van der Waals surface area (Å²) in [5.41, 5.74) is 2.05. The fraction of sp³-hybridized carbons (Fsp3) is 0.0588. The number of benzene rings is 2. The number of rotatable bonds is 3. The number of hydrogen-bond donors (Lipinski definition) is 0. The average molecular weight is 390 g/mol. The molecule has 1 saturated heterocycles. The summed E-state index contributed by atoms with van der Waals surface area (Å²) in [7, 11) is 0. The second-order valence-electron chi connectivity index (χ2n) is 4.81. The fourth-order valence-corrected chi connectivity index (χ4v) is 3.82. The molecule has 2 nitrogen and oxygen atoms in total. The zero-order valence-corrected chi connectivity index (χ0v) is 14.7. The Morgan fingerprint density at radius 2 is 1.91 bits per heavy atom. The van der Waals surface area contributed by atoms with Crippen LogP contribution in [0, 0.1) is 0 Å². The molecule has 0 aliphatic carbocycles. The fourth-order valence-electron chi connectivity index (χ4n) is 2.15. The van der Waals surface area contributed by atoms with E-state index in [1.807, 2.05) is 60.7 Å². The van der Waals surface area contributed by atoms with Gasteiger partial charge in [-0.25, -0.2) is 0 Å². The molecule has 22 heavy (non-hydrogen) atoms. The number of nitrogens with zero attached hydrogens (tertiary/aromatic N) is 1. The normalized spacial score (nSPS) is 16.6. The predicted octanol–water partition coefficient (Wildman–Crippen LogP) is 4.85. The molecule has 5 heteroatoms. The molecule has 0 N–H and O–H groups in total. The van der Waals surface area contributed by atoms with Crippen molar-refractivity contribution in [2.24, 2.45) is 0 Å². The minimum atomic E-state index is -0.0289. The van der Waals surface area contributed by atoms with E-state index in [0.29, 0.717) is 15.8 Å². The molecular formula is C17H12BrNOS2. The van der Waals surface area contributed by atoms with Crippen molar-refractivity contribution in [1.29, 1.82) is 0 Å². The highest BCUT2D eigenvalue weighted by atomic mass is 79.9. The Kier molecular flexibility index (Phi) is 4.76. The smallest absolute Gasteiger partial charge is 0.266 e. The van der Waals surface area contributed by atoms with Crippen LogP contribution < -0.4 is 0 Å². The molecule has 2 aromatic carbocycles. The average Bonchev–Trinajstić information content (AvgIpc) is 2.76. The van der Waals surface area contributed by atoms with E-state index in [2.05, 4.69) is 15.9 Å². The highest BCUT2D eigenvalue weighted by Gasteiger charge is 2.31. The van der Waals surface area contributed by atoms with Gasteiger partial charge in [-0.3, -0.25) is 9.69 Å². The molecule has 0 saturated carbocycles. The van der Waals surface area contributed by atoms with E-state index >= 15 is 0 Å². The zero-order chi connectivity index (χ0) is 15.5. The Labute approximate surface area is 147 Å². The molecular weight excluding hydrogens is 378 g/mol. The molecule has 1 heterocycles. The van der Waals surface area contributed by atoms with Gasteiger partial charge in [0.2, 0.25) is 0 Å². The number of hydrogen-bond acceptors (Lipinski definition) is 3. The predicted molar refractivity (Wildman–Crippen MR) is 99.3 cm³/mol. The molecule has 0 bridgehead atoms. The van der Waals surface area contributed by atoms with Crippen LogP contribution in [0.25, 0.3) is 6.08 Å². The summed E-state index contributed by atoms with van der Waals surface area (Å²) in [4.78, 5) is 14.9. The van der Waals surface area contributed by atoms with Gasteiger partial charge in [0, 0.05) is 4.47 Å². The van der Waals surface area contributed by atoms with E-state index in [1.165, 1.54) is 11.8 Å². The van der Waals surface area contributed by atoms with E-state index in [9.17, 15) is 4.79 Å². The summed E-state index contributed by atoms with van der Waals surface area (Å²) in [5.74, 6) is -0.0289. The van der Waals surface area contributed by atoms with E-state index in [4.69, 9.17) is 12.2 Å². The third-order valence-corrected chi connectivity index (χ3v) is 5.07. The van der Waals surface area contributed by atoms with Crippen LogP contribution in [-0.4, -0.2) is 15.1 Å². The maximum absolute atomic E-state index is 12.5.